The average Bonchev–Trinajstić information content (AvgIpc) is 3.09. The molecule has 0 bridgehead atoms. The molecule has 9 nitrogen and oxygen atoms in total. The molecule has 2 aliphatic heterocycles. The first kappa shape index (κ1) is 29.9. The van der Waals surface area contributed by atoms with Gasteiger partial charge in [-0.05, 0) is 34.9 Å². The van der Waals surface area contributed by atoms with Crippen LogP contribution in [0.15, 0.2) is 97.3 Å². The number of carbonyl (C=O) groups is 1. The van der Waals surface area contributed by atoms with Crippen LogP contribution in [0.3, 0.4) is 0 Å². The van der Waals surface area contributed by atoms with Gasteiger partial charge in [-0.15, -0.1) is 0 Å². The molecule has 1 amide bonds. The first-order valence-corrected chi connectivity index (χ1v) is 15.2. The minimum atomic E-state index is -0.536. The highest BCUT2D eigenvalue weighted by molar-refractivity contribution is 5.94. The molecule has 4 atom stereocenters. The highest BCUT2D eigenvalue weighted by Crippen LogP contribution is 2.42. The number of benzene rings is 3. The van der Waals surface area contributed by atoms with Gasteiger partial charge in [0.2, 0.25) is 5.95 Å². The van der Waals surface area contributed by atoms with E-state index in [1.807, 2.05) is 72.8 Å². The molecule has 6 rings (SSSR count). The number of nitrogens with one attached hydrogen (secondary N) is 1. The quantitative estimate of drug-likeness (QED) is 0.293. The van der Waals surface area contributed by atoms with Crippen molar-refractivity contribution in [3.05, 3.63) is 125 Å². The molecule has 4 aromatic rings. The van der Waals surface area contributed by atoms with E-state index >= 15 is 0 Å². The van der Waals surface area contributed by atoms with Gasteiger partial charge in [0.05, 0.1) is 18.8 Å². The SMILES string of the molecule is C[C@H]1[C@@H](CN2CCN(c3ncccn3)CC2)O[C@@H](c2ccc(CNC(=O)c3ccccc3)cc2)O[C@H]1c1ccc(CO)cc1. The second-order valence-corrected chi connectivity index (χ2v) is 11.4. The van der Waals surface area contributed by atoms with Crippen LogP contribution in [0, 0.1) is 5.92 Å². The largest absolute Gasteiger partial charge is 0.392 e. The van der Waals surface area contributed by atoms with Crippen LogP contribution >= 0.6 is 0 Å². The highest BCUT2D eigenvalue weighted by Gasteiger charge is 2.39. The third-order valence-corrected chi connectivity index (χ3v) is 8.51. The van der Waals surface area contributed by atoms with Gasteiger partial charge in [-0.25, -0.2) is 9.97 Å². The normalized spacial score (nSPS) is 22.5. The zero-order valence-corrected chi connectivity index (χ0v) is 25.0. The topological polar surface area (TPSA) is 100 Å². The summed E-state index contributed by atoms with van der Waals surface area (Å²) < 4.78 is 13.3. The van der Waals surface area contributed by atoms with Crippen LogP contribution in [-0.2, 0) is 22.6 Å². The van der Waals surface area contributed by atoms with Crippen molar-refractivity contribution in [3.63, 3.8) is 0 Å². The van der Waals surface area contributed by atoms with Gasteiger partial charge < -0.3 is 24.8 Å². The fraction of sp³-hybridized carbons (Fsp3) is 0.343. The van der Waals surface area contributed by atoms with Crippen LogP contribution in [0.4, 0.5) is 5.95 Å². The number of amides is 1. The number of anilines is 1. The molecule has 3 aromatic carbocycles. The molecule has 2 fully saturated rings. The van der Waals surface area contributed by atoms with Crippen molar-refractivity contribution in [1.82, 2.24) is 20.2 Å². The number of aliphatic hydroxyl groups excluding tert-OH is 1. The Morgan fingerprint density at radius 2 is 1.50 bits per heavy atom. The van der Waals surface area contributed by atoms with E-state index in [-0.39, 0.29) is 30.6 Å². The van der Waals surface area contributed by atoms with Crippen molar-refractivity contribution >= 4 is 11.9 Å². The van der Waals surface area contributed by atoms with Crippen LogP contribution in [0.5, 0.6) is 0 Å². The number of ether oxygens (including phenoxy) is 2. The van der Waals surface area contributed by atoms with Crippen LogP contribution < -0.4 is 10.2 Å². The summed E-state index contributed by atoms with van der Waals surface area (Å²) in [5.74, 6) is 0.782. The molecule has 2 aliphatic rings. The van der Waals surface area contributed by atoms with Gasteiger partial charge in [0, 0.05) is 68.7 Å². The lowest BCUT2D eigenvalue weighted by atomic mass is 9.90. The van der Waals surface area contributed by atoms with Crippen molar-refractivity contribution in [1.29, 1.82) is 0 Å². The molecule has 9 heteroatoms. The third-order valence-electron chi connectivity index (χ3n) is 8.51. The van der Waals surface area contributed by atoms with E-state index in [1.165, 1.54) is 0 Å². The molecule has 2 saturated heterocycles. The Bertz CT molecular complexity index is 1480. The van der Waals surface area contributed by atoms with Crippen molar-refractivity contribution in [2.75, 3.05) is 37.6 Å². The van der Waals surface area contributed by atoms with Gasteiger partial charge in [-0.1, -0.05) is 73.7 Å². The van der Waals surface area contributed by atoms with Crippen molar-refractivity contribution < 1.29 is 19.4 Å². The zero-order valence-electron chi connectivity index (χ0n) is 25.0. The maximum atomic E-state index is 12.5. The lowest BCUT2D eigenvalue weighted by Crippen LogP contribution is -2.51. The first-order valence-electron chi connectivity index (χ1n) is 15.2. The molecule has 3 heterocycles. The van der Waals surface area contributed by atoms with Gasteiger partial charge in [0.25, 0.3) is 5.91 Å². The number of aliphatic hydroxyl groups is 1. The monoisotopic (exact) mass is 593 g/mol. The van der Waals surface area contributed by atoms with E-state index < -0.39 is 6.29 Å². The second kappa shape index (κ2) is 14.1. The second-order valence-electron chi connectivity index (χ2n) is 11.4. The number of hydrogen-bond acceptors (Lipinski definition) is 8. The number of piperazine rings is 1. The molecule has 0 unspecified atom stereocenters. The zero-order chi connectivity index (χ0) is 30.3. The standard InChI is InChI=1S/C35H39N5O4/c1-25-31(23-39-18-20-40(21-19-39)35-36-16-5-17-37-35)43-34(44-32(25)28-12-10-27(24-41)11-13-28)30-14-8-26(9-15-30)22-38-33(42)29-6-3-2-4-7-29/h2-17,25,31-32,34,41H,18-24H2,1H3,(H,38,42)/t25-,31+,32+,34+/m0/s1. The van der Waals surface area contributed by atoms with E-state index in [4.69, 9.17) is 9.47 Å². The Kier molecular flexibility index (Phi) is 9.58. The van der Waals surface area contributed by atoms with E-state index in [0.29, 0.717) is 12.1 Å². The lowest BCUT2D eigenvalue weighted by Gasteiger charge is -2.44. The van der Waals surface area contributed by atoms with Crippen molar-refractivity contribution in [2.24, 2.45) is 5.92 Å². The number of nitrogens with zero attached hydrogens (tertiary/aromatic N) is 4. The lowest BCUT2D eigenvalue weighted by molar-refractivity contribution is -0.276. The summed E-state index contributed by atoms with van der Waals surface area (Å²) in [5.41, 5.74) is 4.51. The van der Waals surface area contributed by atoms with E-state index in [2.05, 4.69) is 32.0 Å². The van der Waals surface area contributed by atoms with Crippen LogP contribution in [-0.4, -0.2) is 64.7 Å². The predicted octanol–water partition coefficient (Wildman–Crippen LogP) is 4.51. The Balaban J connectivity index is 1.14. The van der Waals surface area contributed by atoms with Gasteiger partial charge in [-0.3, -0.25) is 9.69 Å². The van der Waals surface area contributed by atoms with E-state index in [0.717, 1.165) is 60.9 Å². The summed E-state index contributed by atoms with van der Waals surface area (Å²) >= 11 is 0. The molecule has 0 saturated carbocycles. The van der Waals surface area contributed by atoms with Gasteiger partial charge in [-0.2, -0.15) is 0 Å². The van der Waals surface area contributed by atoms with Gasteiger partial charge >= 0.3 is 0 Å². The van der Waals surface area contributed by atoms with Gasteiger partial charge in [0.15, 0.2) is 6.29 Å². The van der Waals surface area contributed by atoms with Crippen LogP contribution in [0.25, 0.3) is 0 Å². The minimum Gasteiger partial charge on any atom is -0.392 e. The maximum absolute atomic E-state index is 12.5. The smallest absolute Gasteiger partial charge is 0.251 e. The molecular weight excluding hydrogens is 554 g/mol. The summed E-state index contributed by atoms with van der Waals surface area (Å²) in [6.45, 7) is 6.94. The first-order chi connectivity index (χ1) is 21.6. The Morgan fingerprint density at radius 3 is 2.18 bits per heavy atom. The minimum absolute atomic E-state index is 0.00781. The van der Waals surface area contributed by atoms with E-state index in [1.54, 1.807) is 24.5 Å². The summed E-state index contributed by atoms with van der Waals surface area (Å²) in [7, 11) is 0. The summed E-state index contributed by atoms with van der Waals surface area (Å²) in [5, 5.41) is 12.5. The third kappa shape index (κ3) is 7.14. The molecule has 44 heavy (non-hydrogen) atoms. The molecular formula is C35H39N5O4. The molecule has 228 valence electrons. The number of rotatable bonds is 9. The molecule has 0 radical (unpaired) electrons. The van der Waals surface area contributed by atoms with Crippen LogP contribution in [0.2, 0.25) is 0 Å². The van der Waals surface area contributed by atoms with Crippen molar-refractivity contribution in [3.8, 4) is 0 Å². The number of carbonyl (C=O) groups excluding carboxylic acids is 1. The number of aromatic nitrogens is 2. The van der Waals surface area contributed by atoms with Crippen LogP contribution in [0.1, 0.15) is 51.9 Å². The molecule has 0 spiro atoms. The number of hydrogen-bond donors (Lipinski definition) is 2. The van der Waals surface area contributed by atoms with Crippen molar-refractivity contribution in [2.45, 2.75) is 38.6 Å². The summed E-state index contributed by atoms with van der Waals surface area (Å²) in [6.07, 6.45) is 2.81. The summed E-state index contributed by atoms with van der Waals surface area (Å²) in [4.78, 5) is 26.0. The average molecular weight is 594 g/mol. The predicted molar refractivity (Wildman–Crippen MR) is 168 cm³/mol. The molecule has 1 aromatic heterocycles. The Morgan fingerprint density at radius 1 is 0.841 bits per heavy atom. The highest BCUT2D eigenvalue weighted by atomic mass is 16.7. The summed E-state index contributed by atoms with van der Waals surface area (Å²) in [6, 6.07) is 27.1. The Hall–Kier alpha value is -4.15. The van der Waals surface area contributed by atoms with Gasteiger partial charge in [0.1, 0.15) is 0 Å². The maximum Gasteiger partial charge on any atom is 0.251 e. The van der Waals surface area contributed by atoms with E-state index in [9.17, 15) is 9.90 Å². The molecule has 0 aliphatic carbocycles. The Labute approximate surface area is 258 Å². The molecule has 2 N–H and O–H groups in total. The fourth-order valence-corrected chi connectivity index (χ4v) is 5.83. The fourth-order valence-electron chi connectivity index (χ4n) is 5.83.